The summed E-state index contributed by atoms with van der Waals surface area (Å²) in [6.45, 7) is 5.98. The minimum absolute atomic E-state index is 0.0357. The van der Waals surface area contributed by atoms with Crippen LogP contribution in [0, 0.1) is 13.8 Å². The monoisotopic (exact) mass is 346 g/mol. The van der Waals surface area contributed by atoms with E-state index in [-0.39, 0.29) is 11.9 Å². The van der Waals surface area contributed by atoms with E-state index in [2.05, 4.69) is 20.6 Å². The third kappa shape index (κ3) is 4.25. The van der Waals surface area contributed by atoms with Crippen LogP contribution in [0.15, 0.2) is 60.8 Å². The lowest BCUT2D eigenvalue weighted by atomic mass is 10.1. The summed E-state index contributed by atoms with van der Waals surface area (Å²) in [5.41, 5.74) is 4.34. The first-order chi connectivity index (χ1) is 12.5. The predicted molar refractivity (Wildman–Crippen MR) is 104 cm³/mol. The molecule has 0 aliphatic carbocycles. The Morgan fingerprint density at radius 3 is 2.58 bits per heavy atom. The lowest BCUT2D eigenvalue weighted by Gasteiger charge is -2.14. The Balaban J connectivity index is 1.74. The average Bonchev–Trinajstić information content (AvgIpc) is 2.65. The van der Waals surface area contributed by atoms with Crippen LogP contribution >= 0.6 is 0 Å². The Kier molecular flexibility index (Phi) is 5.27. The molecule has 2 aromatic carbocycles. The van der Waals surface area contributed by atoms with E-state index in [4.69, 9.17) is 0 Å². The summed E-state index contributed by atoms with van der Waals surface area (Å²) in [6, 6.07) is 17.6. The quantitative estimate of drug-likeness (QED) is 0.713. The van der Waals surface area contributed by atoms with Crippen molar-refractivity contribution in [3.05, 3.63) is 83.2 Å². The maximum Gasteiger partial charge on any atom is 0.274 e. The lowest BCUT2D eigenvalue weighted by Crippen LogP contribution is -2.17. The third-order valence-electron chi connectivity index (χ3n) is 4.17. The molecule has 2 N–H and O–H groups in total. The largest absolute Gasteiger partial charge is 0.348 e. The van der Waals surface area contributed by atoms with E-state index in [1.807, 2.05) is 69.3 Å². The maximum atomic E-state index is 12.6. The standard InChI is InChI=1S/C21H22N4O/c1-14-9-10-15(2)19(13-14)24-20(26)18-11-12-22-21(25-18)23-16(3)17-7-5-4-6-8-17/h4-13,16H,1-3H3,(H,24,26)(H,22,23,25). The molecule has 0 spiro atoms. The van der Waals surface area contributed by atoms with Crippen molar-refractivity contribution in [3.8, 4) is 0 Å². The first kappa shape index (κ1) is 17.6. The molecule has 1 amide bonds. The molecule has 0 saturated heterocycles. The Morgan fingerprint density at radius 2 is 1.81 bits per heavy atom. The number of carbonyl (C=O) groups excluding carboxylic acids is 1. The van der Waals surface area contributed by atoms with Gasteiger partial charge in [-0.3, -0.25) is 4.79 Å². The summed E-state index contributed by atoms with van der Waals surface area (Å²) in [5, 5.41) is 6.16. The molecule has 0 bridgehead atoms. The maximum absolute atomic E-state index is 12.6. The van der Waals surface area contributed by atoms with E-state index in [0.29, 0.717) is 11.6 Å². The van der Waals surface area contributed by atoms with Gasteiger partial charge in [0.05, 0.1) is 6.04 Å². The number of carbonyl (C=O) groups is 1. The van der Waals surface area contributed by atoms with Gasteiger partial charge in [-0.2, -0.15) is 0 Å². The van der Waals surface area contributed by atoms with Gasteiger partial charge in [0.15, 0.2) is 0 Å². The van der Waals surface area contributed by atoms with Gasteiger partial charge in [-0.15, -0.1) is 0 Å². The van der Waals surface area contributed by atoms with Gasteiger partial charge in [0.1, 0.15) is 5.69 Å². The molecule has 26 heavy (non-hydrogen) atoms. The molecule has 0 fully saturated rings. The first-order valence-corrected chi connectivity index (χ1v) is 8.56. The molecular weight excluding hydrogens is 324 g/mol. The highest BCUT2D eigenvalue weighted by Gasteiger charge is 2.12. The molecule has 3 rings (SSSR count). The van der Waals surface area contributed by atoms with Crippen molar-refractivity contribution >= 4 is 17.5 Å². The van der Waals surface area contributed by atoms with Crippen LogP contribution in [0.1, 0.15) is 40.1 Å². The molecular formula is C21H22N4O. The number of anilines is 2. The van der Waals surface area contributed by atoms with Gasteiger partial charge in [-0.25, -0.2) is 9.97 Å². The molecule has 5 heteroatoms. The van der Waals surface area contributed by atoms with Crippen molar-refractivity contribution in [2.75, 3.05) is 10.6 Å². The number of benzene rings is 2. The van der Waals surface area contributed by atoms with E-state index >= 15 is 0 Å². The summed E-state index contributed by atoms with van der Waals surface area (Å²) in [6.07, 6.45) is 1.59. The van der Waals surface area contributed by atoms with Crippen LogP contribution < -0.4 is 10.6 Å². The smallest absolute Gasteiger partial charge is 0.274 e. The van der Waals surface area contributed by atoms with Crippen LogP contribution in [0.5, 0.6) is 0 Å². The zero-order chi connectivity index (χ0) is 18.5. The molecule has 0 aliphatic heterocycles. The summed E-state index contributed by atoms with van der Waals surface area (Å²) >= 11 is 0. The van der Waals surface area contributed by atoms with E-state index < -0.39 is 0 Å². The van der Waals surface area contributed by atoms with Gasteiger partial charge < -0.3 is 10.6 Å². The normalized spacial score (nSPS) is 11.7. The highest BCUT2D eigenvalue weighted by atomic mass is 16.1. The molecule has 0 radical (unpaired) electrons. The molecule has 1 atom stereocenters. The summed E-state index contributed by atoms with van der Waals surface area (Å²) in [4.78, 5) is 21.1. The molecule has 1 unspecified atom stereocenters. The molecule has 3 aromatic rings. The van der Waals surface area contributed by atoms with Crippen molar-refractivity contribution in [1.29, 1.82) is 0 Å². The number of aryl methyl sites for hydroxylation is 2. The van der Waals surface area contributed by atoms with E-state index in [0.717, 1.165) is 22.4 Å². The zero-order valence-electron chi connectivity index (χ0n) is 15.2. The third-order valence-corrected chi connectivity index (χ3v) is 4.17. The zero-order valence-corrected chi connectivity index (χ0v) is 15.2. The number of aromatic nitrogens is 2. The van der Waals surface area contributed by atoms with Gasteiger partial charge in [0.25, 0.3) is 5.91 Å². The summed E-state index contributed by atoms with van der Waals surface area (Å²) in [7, 11) is 0. The fourth-order valence-electron chi connectivity index (χ4n) is 2.63. The predicted octanol–water partition coefficient (Wildman–Crippen LogP) is 4.52. The van der Waals surface area contributed by atoms with Crippen molar-refractivity contribution < 1.29 is 4.79 Å². The van der Waals surface area contributed by atoms with Crippen molar-refractivity contribution in [3.63, 3.8) is 0 Å². The minimum Gasteiger partial charge on any atom is -0.348 e. The number of amides is 1. The highest BCUT2D eigenvalue weighted by Crippen LogP contribution is 2.18. The van der Waals surface area contributed by atoms with Crippen molar-refractivity contribution in [2.45, 2.75) is 26.8 Å². The summed E-state index contributed by atoms with van der Waals surface area (Å²) in [5.74, 6) is 0.173. The average molecular weight is 346 g/mol. The number of hydrogen-bond donors (Lipinski definition) is 2. The van der Waals surface area contributed by atoms with Crippen LogP contribution in [-0.2, 0) is 0 Å². The van der Waals surface area contributed by atoms with Gasteiger partial charge >= 0.3 is 0 Å². The topological polar surface area (TPSA) is 66.9 Å². The fraction of sp³-hybridized carbons (Fsp3) is 0.190. The Morgan fingerprint density at radius 1 is 1.04 bits per heavy atom. The van der Waals surface area contributed by atoms with Gasteiger partial charge in [-0.1, -0.05) is 42.5 Å². The van der Waals surface area contributed by atoms with E-state index in [1.165, 1.54) is 0 Å². The SMILES string of the molecule is Cc1ccc(C)c(NC(=O)c2ccnc(NC(C)c3ccccc3)n2)c1. The second-order valence-corrected chi connectivity index (χ2v) is 6.31. The Hall–Kier alpha value is -3.21. The second kappa shape index (κ2) is 7.78. The van der Waals surface area contributed by atoms with Crippen LogP contribution in [0.4, 0.5) is 11.6 Å². The van der Waals surface area contributed by atoms with Crippen molar-refractivity contribution in [2.24, 2.45) is 0 Å². The molecule has 0 aliphatic rings. The van der Waals surface area contributed by atoms with Crippen LogP contribution in [0.2, 0.25) is 0 Å². The molecule has 5 nitrogen and oxygen atoms in total. The first-order valence-electron chi connectivity index (χ1n) is 8.56. The minimum atomic E-state index is -0.253. The lowest BCUT2D eigenvalue weighted by molar-refractivity contribution is 0.102. The number of nitrogens with one attached hydrogen (secondary N) is 2. The van der Waals surface area contributed by atoms with Crippen molar-refractivity contribution in [1.82, 2.24) is 9.97 Å². The summed E-state index contributed by atoms with van der Waals surface area (Å²) < 4.78 is 0. The van der Waals surface area contributed by atoms with Crippen LogP contribution in [0.3, 0.4) is 0 Å². The Labute approximate surface area is 153 Å². The number of nitrogens with zero attached hydrogens (tertiary/aromatic N) is 2. The van der Waals surface area contributed by atoms with E-state index in [9.17, 15) is 4.79 Å². The fourth-order valence-corrected chi connectivity index (χ4v) is 2.63. The molecule has 1 heterocycles. The molecule has 1 aromatic heterocycles. The van der Waals surface area contributed by atoms with Gasteiger partial charge in [0.2, 0.25) is 5.95 Å². The number of hydrogen-bond acceptors (Lipinski definition) is 4. The van der Waals surface area contributed by atoms with Gasteiger partial charge in [-0.05, 0) is 49.6 Å². The molecule has 0 saturated carbocycles. The van der Waals surface area contributed by atoms with Crippen LogP contribution in [0.25, 0.3) is 0 Å². The van der Waals surface area contributed by atoms with E-state index in [1.54, 1.807) is 12.3 Å². The number of rotatable bonds is 5. The highest BCUT2D eigenvalue weighted by molar-refractivity contribution is 6.03. The molecule has 132 valence electrons. The second-order valence-electron chi connectivity index (χ2n) is 6.31. The van der Waals surface area contributed by atoms with Gasteiger partial charge in [0, 0.05) is 11.9 Å². The Bertz CT molecular complexity index is 909. The van der Waals surface area contributed by atoms with Crippen LogP contribution in [-0.4, -0.2) is 15.9 Å².